The molecule has 0 aliphatic carbocycles. The predicted octanol–water partition coefficient (Wildman–Crippen LogP) is 3.92. The van der Waals surface area contributed by atoms with Gasteiger partial charge in [-0.2, -0.15) is 5.10 Å². The fraction of sp³-hybridized carbons (Fsp3) is 0.211. The van der Waals surface area contributed by atoms with E-state index in [2.05, 4.69) is 15.5 Å². The maximum absolute atomic E-state index is 11.5. The maximum Gasteiger partial charge on any atom is 0.224 e. The molecule has 3 rings (SSSR count). The number of amides is 1. The normalized spacial score (nSPS) is 10.7. The zero-order valence-electron chi connectivity index (χ0n) is 15.0. The summed E-state index contributed by atoms with van der Waals surface area (Å²) in [5.74, 6) is 0.309. The number of aromatic hydroxyl groups is 2. The fourth-order valence-corrected chi connectivity index (χ4v) is 2.98. The van der Waals surface area contributed by atoms with Crippen molar-refractivity contribution >= 4 is 23.8 Å². The van der Waals surface area contributed by atoms with Crippen LogP contribution in [0.3, 0.4) is 0 Å². The Labute approximate surface area is 161 Å². The molecule has 0 spiro atoms. The Balaban J connectivity index is 2.06. The van der Waals surface area contributed by atoms with Gasteiger partial charge in [-0.3, -0.25) is 14.5 Å². The molecular weight excluding hydrogens is 364 g/mol. The summed E-state index contributed by atoms with van der Waals surface area (Å²) in [6.07, 6.45) is 1.01. The van der Waals surface area contributed by atoms with Gasteiger partial charge < -0.3 is 15.5 Å². The second-order valence-electron chi connectivity index (χ2n) is 5.99. The van der Waals surface area contributed by atoms with Crippen LogP contribution in [0.1, 0.15) is 25.8 Å². The van der Waals surface area contributed by atoms with Gasteiger partial charge in [0.25, 0.3) is 0 Å². The Kier molecular flexibility index (Phi) is 5.27. The van der Waals surface area contributed by atoms with Gasteiger partial charge in [0.1, 0.15) is 11.5 Å². The summed E-state index contributed by atoms with van der Waals surface area (Å²) >= 11 is 5.35. The average Bonchev–Trinajstić information content (AvgIpc) is 3.03. The van der Waals surface area contributed by atoms with Crippen LogP contribution in [0.4, 0.5) is 5.69 Å². The largest absolute Gasteiger partial charge is 0.508 e. The van der Waals surface area contributed by atoms with Crippen LogP contribution in [0.15, 0.2) is 36.4 Å². The standard InChI is InChI=1S/C19H20N4O3S/c1-3-11-9-14(16(25)10-15(11)24)18-21-22-19(27)23(18)13-7-5-12(6-8-13)20-17(26)4-2/h5-10,24-25H,3-4H2,1-2H3,(H,20,26)(H,22,27). The Morgan fingerprint density at radius 3 is 2.52 bits per heavy atom. The van der Waals surface area contributed by atoms with E-state index in [1.54, 1.807) is 41.8 Å². The molecule has 0 saturated carbocycles. The van der Waals surface area contributed by atoms with Crippen molar-refractivity contribution in [3.63, 3.8) is 0 Å². The first-order valence-corrected chi connectivity index (χ1v) is 8.98. The number of nitrogens with one attached hydrogen (secondary N) is 2. The third kappa shape index (κ3) is 3.70. The summed E-state index contributed by atoms with van der Waals surface area (Å²) in [6.45, 7) is 3.70. The van der Waals surface area contributed by atoms with E-state index in [-0.39, 0.29) is 17.4 Å². The van der Waals surface area contributed by atoms with Crippen LogP contribution in [0.2, 0.25) is 0 Å². The van der Waals surface area contributed by atoms with Crippen LogP contribution in [0.5, 0.6) is 11.5 Å². The zero-order chi connectivity index (χ0) is 19.6. The summed E-state index contributed by atoms with van der Waals surface area (Å²) in [5, 5.41) is 30.0. The van der Waals surface area contributed by atoms with E-state index in [0.717, 1.165) is 5.69 Å². The minimum absolute atomic E-state index is 0.0375. The lowest BCUT2D eigenvalue weighted by Crippen LogP contribution is -2.09. The highest BCUT2D eigenvalue weighted by atomic mass is 32.1. The van der Waals surface area contributed by atoms with E-state index in [0.29, 0.717) is 40.3 Å². The predicted molar refractivity (Wildman–Crippen MR) is 106 cm³/mol. The van der Waals surface area contributed by atoms with Crippen LogP contribution in [0.25, 0.3) is 17.1 Å². The van der Waals surface area contributed by atoms with E-state index < -0.39 is 0 Å². The molecule has 0 bridgehead atoms. The van der Waals surface area contributed by atoms with Crippen molar-refractivity contribution in [1.29, 1.82) is 0 Å². The van der Waals surface area contributed by atoms with Crippen LogP contribution in [-0.4, -0.2) is 30.9 Å². The van der Waals surface area contributed by atoms with Crippen molar-refractivity contribution in [3.8, 4) is 28.6 Å². The maximum atomic E-state index is 11.5. The van der Waals surface area contributed by atoms with Crippen LogP contribution < -0.4 is 5.32 Å². The van der Waals surface area contributed by atoms with Gasteiger partial charge >= 0.3 is 0 Å². The van der Waals surface area contributed by atoms with Gasteiger partial charge in [-0.15, -0.1) is 0 Å². The number of hydrogen-bond donors (Lipinski definition) is 4. The first-order valence-electron chi connectivity index (χ1n) is 8.57. The SMILES string of the molecule is CCC(=O)Nc1ccc(-n2c(-c3cc(CC)c(O)cc3O)n[nH]c2=S)cc1. The summed E-state index contributed by atoms with van der Waals surface area (Å²) in [4.78, 5) is 11.5. The second kappa shape index (κ2) is 7.63. The Bertz CT molecular complexity index is 1040. The smallest absolute Gasteiger partial charge is 0.224 e. The van der Waals surface area contributed by atoms with E-state index in [1.165, 1.54) is 6.07 Å². The van der Waals surface area contributed by atoms with Crippen molar-refractivity contribution in [2.24, 2.45) is 0 Å². The molecule has 1 heterocycles. The number of H-pyrrole nitrogens is 1. The highest BCUT2D eigenvalue weighted by molar-refractivity contribution is 7.71. The highest BCUT2D eigenvalue weighted by Gasteiger charge is 2.17. The molecule has 8 heteroatoms. The average molecular weight is 384 g/mol. The van der Waals surface area contributed by atoms with E-state index in [4.69, 9.17) is 12.2 Å². The monoisotopic (exact) mass is 384 g/mol. The zero-order valence-corrected chi connectivity index (χ0v) is 15.8. The number of carbonyl (C=O) groups is 1. The quantitative estimate of drug-likeness (QED) is 0.499. The highest BCUT2D eigenvalue weighted by Crippen LogP contribution is 2.35. The van der Waals surface area contributed by atoms with Gasteiger partial charge in [-0.1, -0.05) is 13.8 Å². The summed E-state index contributed by atoms with van der Waals surface area (Å²) in [5.41, 5.74) is 2.56. The molecule has 0 atom stereocenters. The Morgan fingerprint density at radius 1 is 1.19 bits per heavy atom. The van der Waals surface area contributed by atoms with Gasteiger partial charge in [-0.25, -0.2) is 0 Å². The summed E-state index contributed by atoms with van der Waals surface area (Å²) in [7, 11) is 0. The molecule has 1 amide bonds. The van der Waals surface area contributed by atoms with Crippen molar-refractivity contribution in [2.75, 3.05) is 5.32 Å². The third-order valence-electron chi connectivity index (χ3n) is 4.22. The lowest BCUT2D eigenvalue weighted by atomic mass is 10.1. The van der Waals surface area contributed by atoms with Crippen molar-refractivity contribution in [3.05, 3.63) is 46.7 Å². The molecule has 0 saturated heterocycles. The number of hydrogen-bond acceptors (Lipinski definition) is 5. The van der Waals surface area contributed by atoms with Crippen LogP contribution in [0, 0.1) is 4.77 Å². The lowest BCUT2D eigenvalue weighted by molar-refractivity contribution is -0.115. The molecule has 0 unspecified atom stereocenters. The molecule has 3 aromatic rings. The molecule has 140 valence electrons. The molecule has 4 N–H and O–H groups in total. The third-order valence-corrected chi connectivity index (χ3v) is 4.50. The van der Waals surface area contributed by atoms with Gasteiger partial charge in [0.05, 0.1) is 11.3 Å². The molecular formula is C19H20N4O3S. The molecule has 7 nitrogen and oxygen atoms in total. The van der Waals surface area contributed by atoms with Gasteiger partial charge in [-0.05, 0) is 54.5 Å². The van der Waals surface area contributed by atoms with Crippen LogP contribution in [-0.2, 0) is 11.2 Å². The number of aryl methyl sites for hydroxylation is 1. The van der Waals surface area contributed by atoms with Crippen molar-refractivity contribution in [2.45, 2.75) is 26.7 Å². The van der Waals surface area contributed by atoms with Gasteiger partial charge in [0, 0.05) is 18.2 Å². The number of nitrogens with zero attached hydrogens (tertiary/aromatic N) is 2. The van der Waals surface area contributed by atoms with E-state index in [9.17, 15) is 15.0 Å². The molecule has 1 aromatic heterocycles. The number of benzene rings is 2. The summed E-state index contributed by atoms with van der Waals surface area (Å²) < 4.78 is 2.05. The molecule has 27 heavy (non-hydrogen) atoms. The number of anilines is 1. The number of rotatable bonds is 5. The topological polar surface area (TPSA) is 103 Å². The molecule has 0 aliphatic rings. The number of aromatic amines is 1. The minimum atomic E-state index is -0.0909. The van der Waals surface area contributed by atoms with Gasteiger partial charge in [0.2, 0.25) is 5.91 Å². The first-order chi connectivity index (χ1) is 12.9. The minimum Gasteiger partial charge on any atom is -0.508 e. The number of phenols is 2. The molecule has 0 aliphatic heterocycles. The van der Waals surface area contributed by atoms with Gasteiger partial charge in [0.15, 0.2) is 10.6 Å². The first kappa shape index (κ1) is 18.7. The Hall–Kier alpha value is -3.13. The number of aromatic nitrogens is 3. The Morgan fingerprint density at radius 2 is 1.89 bits per heavy atom. The molecule has 0 radical (unpaired) electrons. The molecule has 2 aromatic carbocycles. The number of carbonyl (C=O) groups excluding carboxylic acids is 1. The lowest BCUT2D eigenvalue weighted by Gasteiger charge is -2.11. The fourth-order valence-electron chi connectivity index (χ4n) is 2.74. The number of phenolic OH excluding ortho intramolecular Hbond substituents is 2. The second-order valence-corrected chi connectivity index (χ2v) is 6.37. The van der Waals surface area contributed by atoms with Crippen molar-refractivity contribution < 1.29 is 15.0 Å². The van der Waals surface area contributed by atoms with Crippen molar-refractivity contribution in [1.82, 2.24) is 14.8 Å². The molecule has 0 fully saturated rings. The van der Waals surface area contributed by atoms with E-state index in [1.807, 2.05) is 6.92 Å². The van der Waals surface area contributed by atoms with Crippen LogP contribution >= 0.6 is 12.2 Å². The summed E-state index contributed by atoms with van der Waals surface area (Å²) in [6, 6.07) is 10.2. The van der Waals surface area contributed by atoms with E-state index >= 15 is 0 Å².